The van der Waals surface area contributed by atoms with Gasteiger partial charge >= 0.3 is 0 Å². The van der Waals surface area contributed by atoms with Crippen molar-refractivity contribution in [2.75, 3.05) is 18.4 Å². The monoisotopic (exact) mass is 467 g/mol. The first-order valence-electron chi connectivity index (χ1n) is 10.6. The zero-order chi connectivity index (χ0) is 23.4. The molecule has 7 nitrogen and oxygen atoms in total. The molecule has 1 fully saturated rings. The number of benzene rings is 2. The number of para-hydroxylation sites is 1. The van der Waals surface area contributed by atoms with Gasteiger partial charge in [-0.3, -0.25) is 24.1 Å². The molecular formula is C24H22FN3O4S. The minimum absolute atomic E-state index is 0.0501. The Balaban J connectivity index is 1.23. The van der Waals surface area contributed by atoms with Gasteiger partial charge in [0.05, 0.1) is 4.91 Å². The van der Waals surface area contributed by atoms with Crippen molar-refractivity contribution in [1.82, 2.24) is 10.2 Å². The Bertz CT molecular complexity index is 1130. The van der Waals surface area contributed by atoms with Crippen LogP contribution in [0.5, 0.6) is 0 Å². The summed E-state index contributed by atoms with van der Waals surface area (Å²) in [7, 11) is 0. The zero-order valence-electron chi connectivity index (χ0n) is 17.7. The van der Waals surface area contributed by atoms with Gasteiger partial charge in [-0.25, -0.2) is 4.39 Å². The molecule has 2 aromatic rings. The van der Waals surface area contributed by atoms with Gasteiger partial charge in [0.25, 0.3) is 11.1 Å². The zero-order valence-corrected chi connectivity index (χ0v) is 18.5. The van der Waals surface area contributed by atoms with Crippen LogP contribution in [0.25, 0.3) is 6.08 Å². The minimum atomic E-state index is -0.443. The average molecular weight is 468 g/mol. The maximum atomic E-state index is 13.0. The summed E-state index contributed by atoms with van der Waals surface area (Å²) < 4.78 is 13.0. The molecule has 0 radical (unpaired) electrons. The number of nitrogens with one attached hydrogen (secondary N) is 2. The summed E-state index contributed by atoms with van der Waals surface area (Å²) in [6.07, 6.45) is 2.71. The predicted octanol–water partition coefficient (Wildman–Crippen LogP) is 3.57. The van der Waals surface area contributed by atoms with Gasteiger partial charge in [-0.05, 0) is 60.0 Å². The molecule has 1 atom stereocenters. The second-order valence-corrected chi connectivity index (χ2v) is 8.81. The van der Waals surface area contributed by atoms with Crippen LogP contribution in [0, 0.1) is 11.7 Å². The van der Waals surface area contributed by atoms with Crippen molar-refractivity contribution in [3.63, 3.8) is 0 Å². The maximum absolute atomic E-state index is 13.0. The lowest BCUT2D eigenvalue weighted by Crippen LogP contribution is -2.37. The van der Waals surface area contributed by atoms with Gasteiger partial charge < -0.3 is 10.6 Å². The smallest absolute Gasteiger partial charge is 0.293 e. The fraction of sp³-hybridized carbons (Fsp3) is 0.250. The second kappa shape index (κ2) is 9.99. The molecule has 2 aromatic carbocycles. The molecule has 2 aliphatic heterocycles. The van der Waals surface area contributed by atoms with E-state index in [1.54, 1.807) is 0 Å². The number of fused-ring (bicyclic) bond motifs is 1. The van der Waals surface area contributed by atoms with Crippen molar-refractivity contribution in [3.8, 4) is 0 Å². The first kappa shape index (κ1) is 22.7. The topological polar surface area (TPSA) is 95.6 Å². The number of hydrogen-bond acceptors (Lipinski definition) is 5. The third kappa shape index (κ3) is 5.48. The number of anilines is 1. The number of carbonyl (C=O) groups excluding carboxylic acids is 4. The van der Waals surface area contributed by atoms with Crippen LogP contribution in [-0.2, 0) is 20.8 Å². The predicted molar refractivity (Wildman–Crippen MR) is 124 cm³/mol. The molecule has 0 aromatic heterocycles. The minimum Gasteiger partial charge on any atom is -0.354 e. The molecule has 0 saturated carbocycles. The van der Waals surface area contributed by atoms with Crippen molar-refractivity contribution in [3.05, 3.63) is 70.4 Å². The number of halogens is 1. The number of carbonyl (C=O) groups is 4. The average Bonchev–Trinajstić information content (AvgIpc) is 3.06. The number of amides is 4. The normalized spacial score (nSPS) is 18.9. The number of rotatable bonds is 7. The van der Waals surface area contributed by atoms with Gasteiger partial charge in [-0.1, -0.05) is 30.3 Å². The molecule has 170 valence electrons. The molecule has 2 aliphatic rings. The van der Waals surface area contributed by atoms with E-state index < -0.39 is 11.1 Å². The van der Waals surface area contributed by atoms with Crippen LogP contribution >= 0.6 is 11.8 Å². The van der Waals surface area contributed by atoms with Crippen LogP contribution in [0.2, 0.25) is 0 Å². The van der Waals surface area contributed by atoms with E-state index in [2.05, 4.69) is 10.6 Å². The molecule has 0 spiro atoms. The van der Waals surface area contributed by atoms with Crippen LogP contribution in [0.15, 0.2) is 53.4 Å². The second-order valence-electron chi connectivity index (χ2n) is 7.82. The highest BCUT2D eigenvalue weighted by molar-refractivity contribution is 8.18. The standard InChI is InChI=1S/C24H22FN3O4S/c25-18-8-5-15(6-9-18)13-20-23(31)28(24(32)33-20)12-11-26-21(29)10-7-17-14-16-3-1-2-4-19(16)27-22(17)30/h1-6,8-9,13,17H,7,10-12,14H2,(H,26,29)(H,27,30)/b20-13-. The highest BCUT2D eigenvalue weighted by atomic mass is 32.2. The SMILES string of the molecule is O=C(CCC1Cc2ccccc2NC1=O)NCCN1C(=O)S/C(=C\c2ccc(F)cc2)C1=O. The summed E-state index contributed by atoms with van der Waals surface area (Å²) in [5.41, 5.74) is 2.48. The first-order chi connectivity index (χ1) is 15.9. The summed E-state index contributed by atoms with van der Waals surface area (Å²) in [5, 5.41) is 5.16. The summed E-state index contributed by atoms with van der Waals surface area (Å²) in [6, 6.07) is 13.2. The first-order valence-corrected chi connectivity index (χ1v) is 11.4. The van der Waals surface area contributed by atoms with Gasteiger partial charge in [0.1, 0.15) is 5.82 Å². The molecule has 2 N–H and O–H groups in total. The van der Waals surface area contributed by atoms with E-state index in [0.717, 1.165) is 27.9 Å². The van der Waals surface area contributed by atoms with Gasteiger partial charge in [-0.2, -0.15) is 0 Å². The van der Waals surface area contributed by atoms with E-state index in [0.29, 0.717) is 18.4 Å². The highest BCUT2D eigenvalue weighted by Gasteiger charge is 2.34. The number of imide groups is 1. The van der Waals surface area contributed by atoms with Crippen LogP contribution in [-0.4, -0.2) is 41.0 Å². The Kier molecular flexibility index (Phi) is 6.88. The molecular weight excluding hydrogens is 445 g/mol. The van der Waals surface area contributed by atoms with Crippen LogP contribution in [0.1, 0.15) is 24.0 Å². The summed E-state index contributed by atoms with van der Waals surface area (Å²) in [4.78, 5) is 50.5. The molecule has 0 aliphatic carbocycles. The van der Waals surface area contributed by atoms with Crippen molar-refractivity contribution < 1.29 is 23.6 Å². The van der Waals surface area contributed by atoms with E-state index in [-0.39, 0.29) is 48.0 Å². The van der Waals surface area contributed by atoms with Crippen molar-refractivity contribution in [2.45, 2.75) is 19.3 Å². The van der Waals surface area contributed by atoms with Crippen molar-refractivity contribution >= 4 is 46.5 Å². The molecule has 4 amide bonds. The fourth-order valence-electron chi connectivity index (χ4n) is 3.75. The van der Waals surface area contributed by atoms with Crippen LogP contribution in [0.3, 0.4) is 0 Å². The van der Waals surface area contributed by atoms with E-state index in [1.807, 2.05) is 24.3 Å². The summed E-state index contributed by atoms with van der Waals surface area (Å²) in [6.45, 7) is 0.175. The maximum Gasteiger partial charge on any atom is 0.293 e. The van der Waals surface area contributed by atoms with Crippen LogP contribution < -0.4 is 10.6 Å². The molecule has 2 heterocycles. The van der Waals surface area contributed by atoms with Gasteiger partial charge in [0.2, 0.25) is 11.8 Å². The third-order valence-electron chi connectivity index (χ3n) is 5.53. The van der Waals surface area contributed by atoms with E-state index >= 15 is 0 Å². The molecule has 33 heavy (non-hydrogen) atoms. The van der Waals surface area contributed by atoms with Gasteiger partial charge in [-0.15, -0.1) is 0 Å². The largest absolute Gasteiger partial charge is 0.354 e. The van der Waals surface area contributed by atoms with Crippen LogP contribution in [0.4, 0.5) is 14.9 Å². The molecule has 0 bridgehead atoms. The quantitative estimate of drug-likeness (QED) is 0.607. The van der Waals surface area contributed by atoms with Gasteiger partial charge in [0.15, 0.2) is 0 Å². The highest BCUT2D eigenvalue weighted by Crippen LogP contribution is 2.32. The number of hydrogen-bond donors (Lipinski definition) is 2. The Morgan fingerprint density at radius 2 is 1.91 bits per heavy atom. The molecule has 1 saturated heterocycles. The Morgan fingerprint density at radius 3 is 2.70 bits per heavy atom. The van der Waals surface area contributed by atoms with Gasteiger partial charge in [0, 0.05) is 31.1 Å². The lowest BCUT2D eigenvalue weighted by atomic mass is 9.89. The van der Waals surface area contributed by atoms with E-state index in [9.17, 15) is 23.6 Å². The van der Waals surface area contributed by atoms with Crippen molar-refractivity contribution in [2.24, 2.45) is 5.92 Å². The lowest BCUT2D eigenvalue weighted by Gasteiger charge is -2.24. The Morgan fingerprint density at radius 1 is 1.15 bits per heavy atom. The number of thioether (sulfide) groups is 1. The molecule has 4 rings (SSSR count). The lowest BCUT2D eigenvalue weighted by molar-refractivity contribution is -0.125. The third-order valence-corrected chi connectivity index (χ3v) is 6.44. The van der Waals surface area contributed by atoms with Crippen molar-refractivity contribution in [1.29, 1.82) is 0 Å². The Labute approximate surface area is 194 Å². The van der Waals surface area contributed by atoms with E-state index in [1.165, 1.54) is 30.3 Å². The summed E-state index contributed by atoms with van der Waals surface area (Å²) >= 11 is 0.811. The fourth-order valence-corrected chi connectivity index (χ4v) is 4.62. The Hall–Kier alpha value is -3.46. The molecule has 1 unspecified atom stereocenters. The summed E-state index contributed by atoms with van der Waals surface area (Å²) in [5.74, 6) is -1.43. The van der Waals surface area contributed by atoms with E-state index in [4.69, 9.17) is 0 Å². The molecule has 9 heteroatoms. The number of nitrogens with zero attached hydrogens (tertiary/aromatic N) is 1.